The molecule has 1 saturated heterocycles. The van der Waals surface area contributed by atoms with Gasteiger partial charge in [-0.1, -0.05) is 25.5 Å². The summed E-state index contributed by atoms with van der Waals surface area (Å²) in [6, 6.07) is 7.83. The third-order valence-corrected chi connectivity index (χ3v) is 3.91. The van der Waals surface area contributed by atoms with Gasteiger partial charge in [0, 0.05) is 18.8 Å². The molecule has 0 aliphatic carbocycles. The molecule has 2 N–H and O–H groups in total. The molecule has 0 saturated carbocycles. The highest BCUT2D eigenvalue weighted by Gasteiger charge is 2.22. The molecule has 1 heterocycles. The van der Waals surface area contributed by atoms with E-state index in [1.807, 2.05) is 24.3 Å². The fraction of sp³-hybridized carbons (Fsp3) is 0.611. The Morgan fingerprint density at radius 2 is 2.12 bits per heavy atom. The van der Waals surface area contributed by atoms with Crippen molar-refractivity contribution in [1.29, 1.82) is 0 Å². The van der Waals surface area contributed by atoms with Crippen LogP contribution in [0.2, 0.25) is 0 Å². The minimum absolute atomic E-state index is 0. The van der Waals surface area contributed by atoms with Crippen molar-refractivity contribution in [3.8, 4) is 0 Å². The maximum Gasteiger partial charge on any atom is 0.228 e. The number of ether oxygens (including phenoxy) is 2. The van der Waals surface area contributed by atoms with Crippen LogP contribution in [0.1, 0.15) is 31.7 Å². The van der Waals surface area contributed by atoms with Crippen LogP contribution in [0.25, 0.3) is 0 Å². The number of rotatable bonds is 10. The summed E-state index contributed by atoms with van der Waals surface area (Å²) in [5.74, 6) is 0.174. The van der Waals surface area contributed by atoms with Crippen molar-refractivity contribution in [3.63, 3.8) is 0 Å². The number of benzene rings is 1. The van der Waals surface area contributed by atoms with Crippen molar-refractivity contribution in [1.82, 2.24) is 5.32 Å². The highest BCUT2D eigenvalue weighted by atomic mass is 35.5. The molecule has 1 aromatic carbocycles. The first-order valence-electron chi connectivity index (χ1n) is 8.55. The summed E-state index contributed by atoms with van der Waals surface area (Å²) < 4.78 is 11.1. The highest BCUT2D eigenvalue weighted by molar-refractivity contribution is 5.92. The molecule has 6 heteroatoms. The average molecular weight is 357 g/mol. The Bertz CT molecular complexity index is 479. The molecule has 1 aliphatic heterocycles. The van der Waals surface area contributed by atoms with E-state index in [1.165, 1.54) is 0 Å². The Kier molecular flexibility index (Phi) is 10.7. The molecule has 1 unspecified atom stereocenters. The van der Waals surface area contributed by atoms with Crippen LogP contribution in [-0.2, 0) is 20.9 Å². The molecular formula is C18H29ClN2O3. The first kappa shape index (κ1) is 20.9. The van der Waals surface area contributed by atoms with E-state index in [9.17, 15) is 4.79 Å². The number of unbranched alkanes of at least 4 members (excludes halogenated alkanes) is 1. The summed E-state index contributed by atoms with van der Waals surface area (Å²) in [6.07, 6.45) is 3.15. The molecular weight excluding hydrogens is 328 g/mol. The second-order valence-electron chi connectivity index (χ2n) is 5.90. The third kappa shape index (κ3) is 7.62. The lowest BCUT2D eigenvalue weighted by molar-refractivity contribution is -0.119. The lowest BCUT2D eigenvalue weighted by Gasteiger charge is -2.11. The molecule has 24 heavy (non-hydrogen) atoms. The van der Waals surface area contributed by atoms with Crippen LogP contribution >= 0.6 is 12.4 Å². The van der Waals surface area contributed by atoms with Gasteiger partial charge >= 0.3 is 0 Å². The first-order valence-corrected chi connectivity index (χ1v) is 8.55. The first-order chi connectivity index (χ1) is 11.3. The zero-order valence-corrected chi connectivity index (χ0v) is 15.2. The van der Waals surface area contributed by atoms with E-state index in [-0.39, 0.29) is 24.2 Å². The number of hydrogen-bond acceptors (Lipinski definition) is 4. The molecule has 0 bridgehead atoms. The maximum absolute atomic E-state index is 12.1. The molecule has 1 aromatic rings. The van der Waals surface area contributed by atoms with Crippen molar-refractivity contribution >= 4 is 24.0 Å². The van der Waals surface area contributed by atoms with Gasteiger partial charge in [0.25, 0.3) is 0 Å². The Labute approximate surface area is 150 Å². The van der Waals surface area contributed by atoms with Gasteiger partial charge in [0.2, 0.25) is 5.91 Å². The number of anilines is 1. The standard InChI is InChI=1S/C18H28N2O3.ClH/c1-2-3-9-22-10-11-23-14-15-5-4-6-17(12-15)20-18(21)16-7-8-19-13-16;/h4-6,12,16,19H,2-3,7-11,13-14H2,1H3,(H,20,21);1H. The summed E-state index contributed by atoms with van der Waals surface area (Å²) in [7, 11) is 0. The Morgan fingerprint density at radius 3 is 2.88 bits per heavy atom. The summed E-state index contributed by atoms with van der Waals surface area (Å²) in [4.78, 5) is 12.1. The summed E-state index contributed by atoms with van der Waals surface area (Å²) in [6.45, 7) is 6.40. The van der Waals surface area contributed by atoms with Crippen LogP contribution < -0.4 is 10.6 Å². The van der Waals surface area contributed by atoms with E-state index >= 15 is 0 Å². The molecule has 136 valence electrons. The van der Waals surface area contributed by atoms with Gasteiger partial charge in [0.1, 0.15) is 0 Å². The number of hydrogen-bond donors (Lipinski definition) is 2. The topological polar surface area (TPSA) is 59.6 Å². The normalized spacial score (nSPS) is 16.6. The molecule has 1 amide bonds. The third-order valence-electron chi connectivity index (χ3n) is 3.91. The van der Waals surface area contributed by atoms with Crippen LogP contribution in [-0.4, -0.2) is 38.8 Å². The minimum Gasteiger partial charge on any atom is -0.379 e. The monoisotopic (exact) mass is 356 g/mol. The maximum atomic E-state index is 12.1. The van der Waals surface area contributed by atoms with Crippen molar-refractivity contribution in [2.24, 2.45) is 5.92 Å². The fourth-order valence-corrected chi connectivity index (χ4v) is 2.52. The van der Waals surface area contributed by atoms with Crippen LogP contribution in [0.3, 0.4) is 0 Å². The smallest absolute Gasteiger partial charge is 0.228 e. The predicted octanol–water partition coefficient (Wildman–Crippen LogP) is 2.99. The lowest BCUT2D eigenvalue weighted by atomic mass is 10.1. The Morgan fingerprint density at radius 1 is 1.29 bits per heavy atom. The van der Waals surface area contributed by atoms with Crippen molar-refractivity contribution in [2.45, 2.75) is 32.8 Å². The minimum atomic E-state index is 0. The van der Waals surface area contributed by atoms with Gasteiger partial charge in [-0.25, -0.2) is 0 Å². The van der Waals surface area contributed by atoms with Gasteiger partial charge in [0.05, 0.1) is 25.7 Å². The summed E-state index contributed by atoms with van der Waals surface area (Å²) in [5.41, 5.74) is 1.89. The van der Waals surface area contributed by atoms with Crippen molar-refractivity contribution in [2.75, 3.05) is 38.2 Å². The predicted molar refractivity (Wildman–Crippen MR) is 98.7 cm³/mol. The SMILES string of the molecule is CCCCOCCOCc1cccc(NC(=O)C2CCNC2)c1.Cl. The lowest BCUT2D eigenvalue weighted by Crippen LogP contribution is -2.24. The number of nitrogens with one attached hydrogen (secondary N) is 2. The van der Waals surface area contributed by atoms with Gasteiger partial charge in [-0.15, -0.1) is 12.4 Å². The Balaban J connectivity index is 0.00000288. The van der Waals surface area contributed by atoms with E-state index in [0.717, 1.165) is 50.2 Å². The van der Waals surface area contributed by atoms with Crippen molar-refractivity contribution < 1.29 is 14.3 Å². The fourth-order valence-electron chi connectivity index (χ4n) is 2.52. The largest absolute Gasteiger partial charge is 0.379 e. The van der Waals surface area contributed by atoms with Crippen molar-refractivity contribution in [3.05, 3.63) is 29.8 Å². The number of carbonyl (C=O) groups excluding carboxylic acids is 1. The zero-order chi connectivity index (χ0) is 16.3. The number of carbonyl (C=O) groups is 1. The molecule has 0 spiro atoms. The Hall–Kier alpha value is -1.14. The van der Waals surface area contributed by atoms with E-state index in [0.29, 0.717) is 19.8 Å². The van der Waals surface area contributed by atoms with E-state index in [4.69, 9.17) is 9.47 Å². The molecule has 0 radical (unpaired) electrons. The van der Waals surface area contributed by atoms with Gasteiger partial charge in [-0.2, -0.15) is 0 Å². The van der Waals surface area contributed by atoms with Crippen LogP contribution in [0.5, 0.6) is 0 Å². The van der Waals surface area contributed by atoms with Crippen LogP contribution in [0.4, 0.5) is 5.69 Å². The average Bonchev–Trinajstić information content (AvgIpc) is 3.09. The number of amides is 1. The van der Waals surface area contributed by atoms with Gasteiger partial charge < -0.3 is 20.1 Å². The van der Waals surface area contributed by atoms with E-state index < -0.39 is 0 Å². The quantitative estimate of drug-likeness (QED) is 0.633. The molecule has 5 nitrogen and oxygen atoms in total. The molecule has 1 aliphatic rings. The van der Waals surface area contributed by atoms with Gasteiger partial charge in [-0.3, -0.25) is 4.79 Å². The second-order valence-corrected chi connectivity index (χ2v) is 5.90. The molecule has 1 fully saturated rings. The van der Waals surface area contributed by atoms with Gasteiger partial charge in [0.15, 0.2) is 0 Å². The van der Waals surface area contributed by atoms with E-state index in [1.54, 1.807) is 0 Å². The van der Waals surface area contributed by atoms with Gasteiger partial charge in [-0.05, 0) is 37.1 Å². The van der Waals surface area contributed by atoms with Crippen LogP contribution in [0, 0.1) is 5.92 Å². The molecule has 2 rings (SSSR count). The summed E-state index contributed by atoms with van der Waals surface area (Å²) in [5, 5.41) is 6.20. The molecule has 0 aromatic heterocycles. The molecule has 1 atom stereocenters. The summed E-state index contributed by atoms with van der Waals surface area (Å²) >= 11 is 0. The van der Waals surface area contributed by atoms with Crippen LogP contribution in [0.15, 0.2) is 24.3 Å². The van der Waals surface area contributed by atoms with E-state index in [2.05, 4.69) is 17.6 Å². The highest BCUT2D eigenvalue weighted by Crippen LogP contribution is 2.15. The number of halogens is 1. The second kappa shape index (κ2) is 12.3. The zero-order valence-electron chi connectivity index (χ0n) is 14.4.